The van der Waals surface area contributed by atoms with Crippen molar-refractivity contribution in [3.8, 4) is 5.75 Å². The summed E-state index contributed by atoms with van der Waals surface area (Å²) in [5.74, 6) is 0.234. The molecule has 0 aliphatic carbocycles. The highest BCUT2D eigenvalue weighted by Gasteiger charge is 2.12. The van der Waals surface area contributed by atoms with E-state index in [4.69, 9.17) is 4.74 Å². The van der Waals surface area contributed by atoms with Crippen molar-refractivity contribution in [1.82, 2.24) is 0 Å². The highest BCUT2D eigenvalue weighted by Crippen LogP contribution is 2.17. The molecule has 0 fully saturated rings. The molecule has 15 heavy (non-hydrogen) atoms. The number of aliphatic hydroxyl groups is 1. The zero-order chi connectivity index (χ0) is 11.5. The van der Waals surface area contributed by atoms with E-state index in [0.29, 0.717) is 24.3 Å². The quantitative estimate of drug-likeness (QED) is 0.831. The molecule has 0 aromatic heterocycles. The molecule has 0 aliphatic heterocycles. The van der Waals surface area contributed by atoms with E-state index < -0.39 is 5.60 Å². The molecule has 84 valence electrons. The number of ether oxygens (including phenoxy) is 1. The van der Waals surface area contributed by atoms with Gasteiger partial charge in [-0.2, -0.15) is 0 Å². The van der Waals surface area contributed by atoms with E-state index in [2.05, 4.69) is 0 Å². The van der Waals surface area contributed by atoms with E-state index in [1.54, 1.807) is 32.9 Å². The first-order valence-electron chi connectivity index (χ1n) is 5.00. The Morgan fingerprint density at radius 1 is 1.40 bits per heavy atom. The van der Waals surface area contributed by atoms with Crippen LogP contribution < -0.4 is 4.74 Å². The van der Waals surface area contributed by atoms with Crippen molar-refractivity contribution in [2.45, 2.75) is 32.8 Å². The Hall–Kier alpha value is -1.09. The molecular formula is C12H17FO2. The van der Waals surface area contributed by atoms with Crippen LogP contribution >= 0.6 is 0 Å². The van der Waals surface area contributed by atoms with Crippen LogP contribution in [0.1, 0.15) is 25.8 Å². The highest BCUT2D eigenvalue weighted by atomic mass is 19.1. The first-order chi connectivity index (χ1) is 6.88. The average Bonchev–Trinajstić information content (AvgIpc) is 2.09. The van der Waals surface area contributed by atoms with Crippen LogP contribution in [0.3, 0.4) is 0 Å². The van der Waals surface area contributed by atoms with Crippen LogP contribution in [0.15, 0.2) is 18.2 Å². The third-order valence-corrected chi connectivity index (χ3v) is 2.13. The molecular weight excluding hydrogens is 195 g/mol. The number of rotatable bonds is 4. The largest absolute Gasteiger partial charge is 0.493 e. The van der Waals surface area contributed by atoms with Gasteiger partial charge in [-0.15, -0.1) is 0 Å². The van der Waals surface area contributed by atoms with Gasteiger partial charge in [-0.3, -0.25) is 0 Å². The lowest BCUT2D eigenvalue weighted by Gasteiger charge is -2.17. The van der Waals surface area contributed by atoms with Crippen molar-refractivity contribution in [1.29, 1.82) is 0 Å². The Morgan fingerprint density at radius 2 is 2.07 bits per heavy atom. The summed E-state index contributed by atoms with van der Waals surface area (Å²) in [7, 11) is 0. The first-order valence-corrected chi connectivity index (χ1v) is 5.00. The van der Waals surface area contributed by atoms with E-state index in [1.165, 1.54) is 6.07 Å². The predicted octanol–water partition coefficient (Wildman–Crippen LogP) is 2.67. The van der Waals surface area contributed by atoms with Crippen LogP contribution in [-0.2, 0) is 0 Å². The molecule has 0 atom stereocenters. The molecule has 0 radical (unpaired) electrons. The second kappa shape index (κ2) is 4.62. The van der Waals surface area contributed by atoms with Crippen LogP contribution in [0, 0.1) is 12.7 Å². The van der Waals surface area contributed by atoms with Crippen LogP contribution in [0.4, 0.5) is 4.39 Å². The summed E-state index contributed by atoms with van der Waals surface area (Å²) >= 11 is 0. The van der Waals surface area contributed by atoms with Crippen LogP contribution in [0.2, 0.25) is 0 Å². The Bertz CT molecular complexity index is 329. The second-order valence-electron chi connectivity index (χ2n) is 4.32. The SMILES string of the molecule is Cc1ccc(OCCC(C)(C)O)cc1F. The van der Waals surface area contributed by atoms with Crippen molar-refractivity contribution < 1.29 is 14.2 Å². The summed E-state index contributed by atoms with van der Waals surface area (Å²) in [6.07, 6.45) is 0.516. The van der Waals surface area contributed by atoms with Gasteiger partial charge in [-0.1, -0.05) is 6.07 Å². The van der Waals surface area contributed by atoms with Crippen molar-refractivity contribution in [2.24, 2.45) is 0 Å². The molecule has 1 N–H and O–H groups in total. The first kappa shape index (κ1) is 12.0. The van der Waals surface area contributed by atoms with E-state index in [1.807, 2.05) is 0 Å². The summed E-state index contributed by atoms with van der Waals surface area (Å²) in [5, 5.41) is 9.44. The second-order valence-corrected chi connectivity index (χ2v) is 4.32. The van der Waals surface area contributed by atoms with Crippen molar-refractivity contribution in [3.63, 3.8) is 0 Å². The maximum absolute atomic E-state index is 13.1. The van der Waals surface area contributed by atoms with Gasteiger partial charge in [-0.05, 0) is 32.4 Å². The smallest absolute Gasteiger partial charge is 0.129 e. The fourth-order valence-corrected chi connectivity index (χ4v) is 1.08. The van der Waals surface area contributed by atoms with Crippen molar-refractivity contribution >= 4 is 0 Å². The van der Waals surface area contributed by atoms with Gasteiger partial charge >= 0.3 is 0 Å². The standard InChI is InChI=1S/C12H17FO2/c1-9-4-5-10(8-11(9)13)15-7-6-12(2,3)14/h4-5,8,14H,6-7H2,1-3H3. The van der Waals surface area contributed by atoms with Crippen LogP contribution in [-0.4, -0.2) is 17.3 Å². The molecule has 1 aromatic rings. The van der Waals surface area contributed by atoms with Crippen LogP contribution in [0.25, 0.3) is 0 Å². The third kappa shape index (κ3) is 4.30. The normalized spacial score (nSPS) is 11.5. The van der Waals surface area contributed by atoms with Gasteiger partial charge in [0.25, 0.3) is 0 Å². The van der Waals surface area contributed by atoms with Gasteiger partial charge < -0.3 is 9.84 Å². The van der Waals surface area contributed by atoms with Gasteiger partial charge in [0.1, 0.15) is 11.6 Å². The third-order valence-electron chi connectivity index (χ3n) is 2.13. The minimum atomic E-state index is -0.747. The monoisotopic (exact) mass is 212 g/mol. The maximum Gasteiger partial charge on any atom is 0.129 e. The number of hydrogen-bond acceptors (Lipinski definition) is 2. The van der Waals surface area contributed by atoms with Crippen molar-refractivity contribution in [2.75, 3.05) is 6.61 Å². The van der Waals surface area contributed by atoms with E-state index >= 15 is 0 Å². The van der Waals surface area contributed by atoms with E-state index in [9.17, 15) is 9.50 Å². The van der Waals surface area contributed by atoms with Gasteiger partial charge in [-0.25, -0.2) is 4.39 Å². The topological polar surface area (TPSA) is 29.5 Å². The lowest BCUT2D eigenvalue weighted by Crippen LogP contribution is -2.21. The fourth-order valence-electron chi connectivity index (χ4n) is 1.08. The van der Waals surface area contributed by atoms with Gasteiger partial charge in [0.15, 0.2) is 0 Å². The minimum absolute atomic E-state index is 0.268. The zero-order valence-electron chi connectivity index (χ0n) is 9.38. The summed E-state index contributed by atoms with van der Waals surface area (Å²) in [6.45, 7) is 5.51. The van der Waals surface area contributed by atoms with Crippen LogP contribution in [0.5, 0.6) is 5.75 Å². The molecule has 2 nitrogen and oxygen atoms in total. The predicted molar refractivity (Wildman–Crippen MR) is 57.5 cm³/mol. The molecule has 0 amide bonds. The molecule has 3 heteroatoms. The molecule has 0 bridgehead atoms. The lowest BCUT2D eigenvalue weighted by atomic mass is 10.1. The number of hydrogen-bond donors (Lipinski definition) is 1. The molecule has 0 heterocycles. The molecule has 0 unspecified atom stereocenters. The molecule has 0 spiro atoms. The molecule has 0 aliphatic rings. The number of halogens is 1. The van der Waals surface area contributed by atoms with Crippen molar-refractivity contribution in [3.05, 3.63) is 29.6 Å². The van der Waals surface area contributed by atoms with Gasteiger partial charge in [0, 0.05) is 12.5 Å². The van der Waals surface area contributed by atoms with Gasteiger partial charge in [0.05, 0.1) is 12.2 Å². The average molecular weight is 212 g/mol. The van der Waals surface area contributed by atoms with E-state index in [0.717, 1.165) is 0 Å². The molecule has 1 rings (SSSR count). The van der Waals surface area contributed by atoms with Gasteiger partial charge in [0.2, 0.25) is 0 Å². The minimum Gasteiger partial charge on any atom is -0.493 e. The maximum atomic E-state index is 13.1. The summed E-state index contributed by atoms with van der Waals surface area (Å²) < 4.78 is 18.4. The zero-order valence-corrected chi connectivity index (χ0v) is 9.38. The number of aryl methyl sites for hydroxylation is 1. The Kier molecular flexibility index (Phi) is 3.69. The Labute approximate surface area is 89.7 Å². The molecule has 1 aromatic carbocycles. The summed E-state index contributed by atoms with van der Waals surface area (Å²) in [4.78, 5) is 0. The van der Waals surface area contributed by atoms with E-state index in [-0.39, 0.29) is 5.82 Å². The number of benzene rings is 1. The molecule has 0 saturated carbocycles. The highest BCUT2D eigenvalue weighted by molar-refractivity contribution is 5.27. The molecule has 0 saturated heterocycles. The Balaban J connectivity index is 2.48. The summed E-state index contributed by atoms with van der Waals surface area (Å²) in [5.41, 5.74) is -0.145. The lowest BCUT2D eigenvalue weighted by molar-refractivity contribution is 0.0553. The fraction of sp³-hybridized carbons (Fsp3) is 0.500. The summed E-state index contributed by atoms with van der Waals surface area (Å²) in [6, 6.07) is 4.76. The Morgan fingerprint density at radius 3 is 2.60 bits per heavy atom.